The van der Waals surface area contributed by atoms with Crippen molar-refractivity contribution in [3.63, 3.8) is 0 Å². The molecule has 80 valence electrons. The third-order valence-corrected chi connectivity index (χ3v) is 5.56. The van der Waals surface area contributed by atoms with Crippen molar-refractivity contribution in [2.24, 2.45) is 0 Å². The Labute approximate surface area is 100 Å². The molecule has 0 spiro atoms. The molecule has 4 heterocycles. The van der Waals surface area contributed by atoms with Crippen LogP contribution in [0.5, 0.6) is 0 Å². The van der Waals surface area contributed by atoms with Crippen molar-refractivity contribution < 1.29 is 9.47 Å². The van der Waals surface area contributed by atoms with Gasteiger partial charge in [-0.15, -0.1) is 22.7 Å². The molecule has 0 saturated carbocycles. The molecule has 1 aliphatic carbocycles. The number of rotatable bonds is 0. The van der Waals surface area contributed by atoms with Crippen molar-refractivity contribution in [2.45, 2.75) is 24.4 Å². The van der Waals surface area contributed by atoms with Crippen LogP contribution in [0.4, 0.5) is 0 Å². The minimum atomic E-state index is 0.295. The molecule has 0 N–H and O–H groups in total. The molecule has 2 aromatic rings. The van der Waals surface area contributed by atoms with E-state index in [0.717, 1.165) is 0 Å². The molecule has 16 heavy (non-hydrogen) atoms. The van der Waals surface area contributed by atoms with Crippen molar-refractivity contribution in [3.8, 4) is 0 Å². The molecule has 0 radical (unpaired) electrons. The predicted molar refractivity (Wildman–Crippen MR) is 61.8 cm³/mol. The van der Waals surface area contributed by atoms with Crippen LogP contribution in [-0.4, -0.2) is 0 Å². The number of ether oxygens (including phenoxy) is 2. The smallest absolute Gasteiger partial charge is 0.123 e. The SMILES string of the molecule is c1cc2c(s1)C1OC1c1ccsc1C1OC21. The van der Waals surface area contributed by atoms with Gasteiger partial charge >= 0.3 is 0 Å². The molecule has 0 amide bonds. The first-order valence-corrected chi connectivity index (χ1v) is 7.15. The van der Waals surface area contributed by atoms with E-state index in [1.54, 1.807) is 22.7 Å². The maximum atomic E-state index is 5.84. The second-order valence-corrected chi connectivity index (χ2v) is 6.33. The highest BCUT2D eigenvalue weighted by Crippen LogP contribution is 2.65. The van der Waals surface area contributed by atoms with Gasteiger partial charge in [-0.05, 0) is 22.9 Å². The Bertz CT molecular complexity index is 488. The fraction of sp³-hybridized carbons (Fsp3) is 0.333. The molecule has 4 atom stereocenters. The fourth-order valence-corrected chi connectivity index (χ4v) is 4.68. The lowest BCUT2D eigenvalue weighted by Crippen LogP contribution is -1.93. The van der Waals surface area contributed by atoms with E-state index in [1.165, 1.54) is 20.9 Å². The van der Waals surface area contributed by atoms with Crippen molar-refractivity contribution in [2.75, 3.05) is 0 Å². The van der Waals surface area contributed by atoms with E-state index in [2.05, 4.69) is 22.9 Å². The molecule has 5 rings (SSSR count). The van der Waals surface area contributed by atoms with Gasteiger partial charge in [-0.2, -0.15) is 0 Å². The van der Waals surface area contributed by atoms with Crippen molar-refractivity contribution in [1.82, 2.24) is 0 Å². The van der Waals surface area contributed by atoms with Crippen LogP contribution in [0, 0.1) is 0 Å². The molecule has 2 aromatic heterocycles. The van der Waals surface area contributed by atoms with E-state index in [0.29, 0.717) is 24.4 Å². The third kappa shape index (κ3) is 0.903. The first-order chi connectivity index (χ1) is 7.93. The zero-order valence-electron chi connectivity index (χ0n) is 8.25. The Balaban J connectivity index is 1.76. The first kappa shape index (κ1) is 8.42. The van der Waals surface area contributed by atoms with Crippen LogP contribution < -0.4 is 0 Å². The van der Waals surface area contributed by atoms with Gasteiger partial charge in [0.25, 0.3) is 0 Å². The summed E-state index contributed by atoms with van der Waals surface area (Å²) < 4.78 is 11.7. The van der Waals surface area contributed by atoms with Gasteiger partial charge in [-0.3, -0.25) is 0 Å². The summed E-state index contributed by atoms with van der Waals surface area (Å²) in [6.07, 6.45) is 1.19. The van der Waals surface area contributed by atoms with E-state index in [9.17, 15) is 0 Å². The predicted octanol–water partition coefficient (Wildman–Crippen LogP) is 3.75. The van der Waals surface area contributed by atoms with Crippen LogP contribution in [0.25, 0.3) is 0 Å². The number of hydrogen-bond donors (Lipinski definition) is 0. The molecule has 0 aromatic carbocycles. The molecular weight excluding hydrogens is 240 g/mol. The highest BCUT2D eigenvalue weighted by atomic mass is 32.1. The Hall–Kier alpha value is -0.680. The van der Waals surface area contributed by atoms with Gasteiger partial charge < -0.3 is 9.47 Å². The molecule has 2 fully saturated rings. The van der Waals surface area contributed by atoms with Crippen LogP contribution >= 0.6 is 22.7 Å². The van der Waals surface area contributed by atoms with Gasteiger partial charge in [-0.25, -0.2) is 0 Å². The maximum absolute atomic E-state index is 5.84. The molecular formula is C12H8O2S2. The number of hydrogen-bond acceptors (Lipinski definition) is 4. The van der Waals surface area contributed by atoms with Crippen molar-refractivity contribution in [1.29, 1.82) is 0 Å². The van der Waals surface area contributed by atoms with Crippen LogP contribution in [-0.2, 0) is 9.47 Å². The fourth-order valence-electron chi connectivity index (χ4n) is 2.69. The summed E-state index contributed by atoms with van der Waals surface area (Å²) in [5.74, 6) is 0. The van der Waals surface area contributed by atoms with Crippen molar-refractivity contribution in [3.05, 3.63) is 43.8 Å². The number of thiophene rings is 2. The van der Waals surface area contributed by atoms with E-state index < -0.39 is 0 Å². The largest absolute Gasteiger partial charge is 0.358 e. The van der Waals surface area contributed by atoms with Crippen molar-refractivity contribution >= 4 is 22.7 Å². The van der Waals surface area contributed by atoms with Crippen LogP contribution in [0.1, 0.15) is 45.3 Å². The van der Waals surface area contributed by atoms with E-state index in [4.69, 9.17) is 9.47 Å². The number of epoxide rings is 2. The summed E-state index contributed by atoms with van der Waals surface area (Å²) in [6, 6.07) is 4.39. The summed E-state index contributed by atoms with van der Waals surface area (Å²) in [5.41, 5.74) is 2.73. The average molecular weight is 248 g/mol. The Morgan fingerprint density at radius 3 is 1.75 bits per heavy atom. The highest BCUT2D eigenvalue weighted by Gasteiger charge is 2.54. The van der Waals surface area contributed by atoms with Crippen LogP contribution in [0.3, 0.4) is 0 Å². The second-order valence-electron chi connectivity index (χ2n) is 4.43. The summed E-state index contributed by atoms with van der Waals surface area (Å²) in [6.45, 7) is 0. The lowest BCUT2D eigenvalue weighted by molar-refractivity contribution is 0.360. The third-order valence-electron chi connectivity index (χ3n) is 3.57. The summed E-state index contributed by atoms with van der Waals surface area (Å²) in [4.78, 5) is 2.77. The minimum absolute atomic E-state index is 0.295. The Morgan fingerprint density at radius 2 is 1.25 bits per heavy atom. The van der Waals surface area contributed by atoms with Gasteiger partial charge in [0.2, 0.25) is 0 Å². The molecule has 4 unspecified atom stereocenters. The Kier molecular flexibility index (Phi) is 1.36. The molecule has 2 saturated heterocycles. The average Bonchev–Trinajstić information content (AvgIpc) is 3.16. The van der Waals surface area contributed by atoms with E-state index >= 15 is 0 Å². The van der Waals surface area contributed by atoms with E-state index in [1.807, 2.05) is 0 Å². The van der Waals surface area contributed by atoms with Gasteiger partial charge in [0, 0.05) is 20.9 Å². The highest BCUT2D eigenvalue weighted by molar-refractivity contribution is 7.10. The second kappa shape index (κ2) is 2.59. The standard InChI is InChI=1S/C12H8O2S2/c1-3-15-11-5(1)7-9(13-7)12-6(2-4-16-12)8-10(11)14-8/h1-4,7-10H. The normalized spacial score (nSPS) is 37.5. The van der Waals surface area contributed by atoms with Crippen LogP contribution in [0.15, 0.2) is 22.9 Å². The molecule has 3 aliphatic rings. The lowest BCUT2D eigenvalue weighted by Gasteiger charge is -2.02. The summed E-state index contributed by atoms with van der Waals surface area (Å²) in [5, 5.41) is 4.31. The monoisotopic (exact) mass is 248 g/mol. The quantitative estimate of drug-likeness (QED) is 0.663. The summed E-state index contributed by atoms with van der Waals surface area (Å²) >= 11 is 3.61. The molecule has 2 aliphatic heterocycles. The zero-order chi connectivity index (χ0) is 10.3. The van der Waals surface area contributed by atoms with Gasteiger partial charge in [0.15, 0.2) is 0 Å². The van der Waals surface area contributed by atoms with Gasteiger partial charge in [0.05, 0.1) is 0 Å². The molecule has 2 nitrogen and oxygen atoms in total. The summed E-state index contributed by atoms with van der Waals surface area (Å²) in [7, 11) is 0. The van der Waals surface area contributed by atoms with Gasteiger partial charge in [-0.1, -0.05) is 0 Å². The lowest BCUT2D eigenvalue weighted by atomic mass is 9.99. The van der Waals surface area contributed by atoms with E-state index in [-0.39, 0.29) is 0 Å². The minimum Gasteiger partial charge on any atom is -0.358 e. The molecule has 4 heteroatoms. The first-order valence-electron chi connectivity index (χ1n) is 5.39. The maximum Gasteiger partial charge on any atom is 0.123 e. The number of fused-ring (bicyclic) bond motifs is 8. The Morgan fingerprint density at radius 1 is 0.750 bits per heavy atom. The molecule has 0 bridgehead atoms. The topological polar surface area (TPSA) is 25.1 Å². The van der Waals surface area contributed by atoms with Gasteiger partial charge in [0.1, 0.15) is 24.4 Å². The van der Waals surface area contributed by atoms with Crippen LogP contribution in [0.2, 0.25) is 0 Å². The zero-order valence-corrected chi connectivity index (χ0v) is 9.88.